The lowest BCUT2D eigenvalue weighted by Gasteiger charge is -2.06. The Bertz CT molecular complexity index is 279. The number of unbranched alkanes of at least 4 members (excludes halogenated alkanes) is 4. The Morgan fingerprint density at radius 2 is 1.55 bits per heavy atom. The summed E-state index contributed by atoms with van der Waals surface area (Å²) in [5, 5.41) is 8.60. The SMILES string of the molecule is CCCCC/C=C\CC/C=C\CC[C@@H](C)CCC(=O)O. The first-order valence-corrected chi connectivity index (χ1v) is 8.18. The number of hydrogen-bond donors (Lipinski definition) is 1. The number of carboxylic acid groups (broad SMARTS) is 1. The molecule has 20 heavy (non-hydrogen) atoms. The van der Waals surface area contributed by atoms with Gasteiger partial charge in [-0.1, -0.05) is 51.0 Å². The van der Waals surface area contributed by atoms with E-state index in [1.807, 2.05) is 0 Å². The fourth-order valence-electron chi connectivity index (χ4n) is 2.07. The van der Waals surface area contributed by atoms with Crippen molar-refractivity contribution in [1.29, 1.82) is 0 Å². The molecular weight excluding hydrogens is 248 g/mol. The maximum atomic E-state index is 10.4. The third-order valence-electron chi connectivity index (χ3n) is 3.48. The molecular formula is C18H32O2. The molecule has 0 aromatic rings. The molecule has 0 aliphatic rings. The fraction of sp³-hybridized carbons (Fsp3) is 0.722. The van der Waals surface area contributed by atoms with Crippen LogP contribution in [-0.2, 0) is 4.79 Å². The number of aliphatic carboxylic acids is 1. The number of hydrogen-bond acceptors (Lipinski definition) is 1. The molecule has 0 aromatic carbocycles. The van der Waals surface area contributed by atoms with Crippen LogP contribution < -0.4 is 0 Å². The van der Waals surface area contributed by atoms with Gasteiger partial charge < -0.3 is 5.11 Å². The quantitative estimate of drug-likeness (QED) is 0.345. The molecule has 0 bridgehead atoms. The standard InChI is InChI=1S/C18H32O2/c1-3-4-5-6-7-8-9-10-11-12-13-14-17(2)15-16-18(19)20/h7-8,11-12,17H,3-6,9-10,13-16H2,1-2H3,(H,19,20)/b8-7-,12-11-/t17-/m1/s1. The largest absolute Gasteiger partial charge is 0.481 e. The van der Waals surface area contributed by atoms with Crippen molar-refractivity contribution in [3.05, 3.63) is 24.3 Å². The highest BCUT2D eigenvalue weighted by atomic mass is 16.4. The van der Waals surface area contributed by atoms with Crippen molar-refractivity contribution in [1.82, 2.24) is 0 Å². The van der Waals surface area contributed by atoms with Gasteiger partial charge in [-0.05, 0) is 50.9 Å². The summed E-state index contributed by atoms with van der Waals surface area (Å²) >= 11 is 0. The van der Waals surface area contributed by atoms with Crippen molar-refractivity contribution >= 4 is 5.97 Å². The minimum absolute atomic E-state index is 0.299. The lowest BCUT2D eigenvalue weighted by molar-refractivity contribution is -0.137. The van der Waals surface area contributed by atoms with Gasteiger partial charge in [-0.15, -0.1) is 0 Å². The third kappa shape index (κ3) is 15.0. The lowest BCUT2D eigenvalue weighted by Crippen LogP contribution is -2.00. The predicted octanol–water partition coefficient (Wildman–Crippen LogP) is 5.74. The lowest BCUT2D eigenvalue weighted by atomic mass is 10.00. The summed E-state index contributed by atoms with van der Waals surface area (Å²) < 4.78 is 0. The van der Waals surface area contributed by atoms with E-state index in [-0.39, 0.29) is 0 Å². The van der Waals surface area contributed by atoms with Crippen molar-refractivity contribution in [3.63, 3.8) is 0 Å². The Morgan fingerprint density at radius 3 is 2.15 bits per heavy atom. The van der Waals surface area contributed by atoms with E-state index in [0.717, 1.165) is 32.1 Å². The number of carbonyl (C=O) groups is 1. The van der Waals surface area contributed by atoms with Crippen molar-refractivity contribution in [2.24, 2.45) is 5.92 Å². The molecule has 2 heteroatoms. The van der Waals surface area contributed by atoms with E-state index < -0.39 is 5.97 Å². The van der Waals surface area contributed by atoms with Gasteiger partial charge in [-0.25, -0.2) is 0 Å². The van der Waals surface area contributed by atoms with Crippen LogP contribution in [0.3, 0.4) is 0 Å². The molecule has 0 fully saturated rings. The smallest absolute Gasteiger partial charge is 0.303 e. The Kier molecular flexibility index (Phi) is 13.6. The van der Waals surface area contributed by atoms with Crippen LogP contribution in [0.4, 0.5) is 0 Å². The minimum Gasteiger partial charge on any atom is -0.481 e. The summed E-state index contributed by atoms with van der Waals surface area (Å²) in [5.74, 6) is -0.174. The highest BCUT2D eigenvalue weighted by Crippen LogP contribution is 2.13. The zero-order valence-electron chi connectivity index (χ0n) is 13.3. The normalized spacial score (nSPS) is 13.3. The van der Waals surface area contributed by atoms with E-state index in [4.69, 9.17) is 5.11 Å². The van der Waals surface area contributed by atoms with Gasteiger partial charge in [0.05, 0.1) is 0 Å². The van der Waals surface area contributed by atoms with Crippen LogP contribution in [-0.4, -0.2) is 11.1 Å². The number of allylic oxidation sites excluding steroid dienone is 4. The summed E-state index contributed by atoms with van der Waals surface area (Å²) in [7, 11) is 0. The van der Waals surface area contributed by atoms with Crippen LogP contribution >= 0.6 is 0 Å². The number of carboxylic acids is 1. The van der Waals surface area contributed by atoms with Gasteiger partial charge in [0.25, 0.3) is 0 Å². The molecule has 0 rings (SSSR count). The maximum Gasteiger partial charge on any atom is 0.303 e. The van der Waals surface area contributed by atoms with E-state index >= 15 is 0 Å². The zero-order chi connectivity index (χ0) is 15.1. The molecule has 0 saturated heterocycles. The van der Waals surface area contributed by atoms with Crippen molar-refractivity contribution in [3.8, 4) is 0 Å². The number of rotatable bonds is 13. The molecule has 0 radical (unpaired) electrons. The van der Waals surface area contributed by atoms with Gasteiger partial charge in [-0.2, -0.15) is 0 Å². The van der Waals surface area contributed by atoms with Gasteiger partial charge in [0.1, 0.15) is 0 Å². The van der Waals surface area contributed by atoms with Gasteiger partial charge >= 0.3 is 5.97 Å². The Hall–Kier alpha value is -1.05. The first-order chi connectivity index (χ1) is 9.66. The molecule has 0 spiro atoms. The Labute approximate surface area is 125 Å². The van der Waals surface area contributed by atoms with Crippen LogP contribution in [0, 0.1) is 5.92 Å². The summed E-state index contributed by atoms with van der Waals surface area (Å²) in [4.78, 5) is 10.4. The van der Waals surface area contributed by atoms with Gasteiger partial charge in [0.15, 0.2) is 0 Å². The minimum atomic E-state index is -0.682. The molecule has 2 nitrogen and oxygen atoms in total. The summed E-state index contributed by atoms with van der Waals surface area (Å²) in [5.41, 5.74) is 0. The van der Waals surface area contributed by atoms with Crippen LogP contribution in [0.15, 0.2) is 24.3 Å². The van der Waals surface area contributed by atoms with Crippen LogP contribution in [0.1, 0.15) is 78.1 Å². The molecule has 0 saturated carbocycles. The molecule has 0 aliphatic carbocycles. The molecule has 0 heterocycles. The summed E-state index contributed by atoms with van der Waals surface area (Å²) in [6.45, 7) is 4.37. The van der Waals surface area contributed by atoms with E-state index in [1.165, 1.54) is 25.7 Å². The predicted molar refractivity (Wildman–Crippen MR) is 86.9 cm³/mol. The second-order valence-corrected chi connectivity index (χ2v) is 5.63. The summed E-state index contributed by atoms with van der Waals surface area (Å²) in [6.07, 6.45) is 19.8. The van der Waals surface area contributed by atoms with Gasteiger partial charge in [0.2, 0.25) is 0 Å². The zero-order valence-corrected chi connectivity index (χ0v) is 13.3. The van der Waals surface area contributed by atoms with E-state index in [0.29, 0.717) is 12.3 Å². The van der Waals surface area contributed by atoms with Crippen molar-refractivity contribution in [2.75, 3.05) is 0 Å². The molecule has 0 unspecified atom stereocenters. The van der Waals surface area contributed by atoms with E-state index in [2.05, 4.69) is 38.2 Å². The second-order valence-electron chi connectivity index (χ2n) is 5.63. The van der Waals surface area contributed by atoms with E-state index in [1.54, 1.807) is 0 Å². The van der Waals surface area contributed by atoms with Gasteiger partial charge in [-0.3, -0.25) is 4.79 Å². The van der Waals surface area contributed by atoms with Crippen LogP contribution in [0.25, 0.3) is 0 Å². The van der Waals surface area contributed by atoms with E-state index in [9.17, 15) is 4.79 Å². The Balaban J connectivity index is 3.37. The highest BCUT2D eigenvalue weighted by Gasteiger charge is 2.03. The maximum absolute atomic E-state index is 10.4. The molecule has 1 atom stereocenters. The first kappa shape index (κ1) is 18.9. The molecule has 1 N–H and O–H groups in total. The molecule has 0 amide bonds. The molecule has 0 aromatic heterocycles. The fourth-order valence-corrected chi connectivity index (χ4v) is 2.07. The van der Waals surface area contributed by atoms with Crippen molar-refractivity contribution < 1.29 is 9.90 Å². The summed E-state index contributed by atoms with van der Waals surface area (Å²) in [6, 6.07) is 0. The third-order valence-corrected chi connectivity index (χ3v) is 3.48. The van der Waals surface area contributed by atoms with Gasteiger partial charge in [0, 0.05) is 6.42 Å². The monoisotopic (exact) mass is 280 g/mol. The van der Waals surface area contributed by atoms with Crippen LogP contribution in [0.2, 0.25) is 0 Å². The van der Waals surface area contributed by atoms with Crippen LogP contribution in [0.5, 0.6) is 0 Å². The highest BCUT2D eigenvalue weighted by molar-refractivity contribution is 5.66. The second kappa shape index (κ2) is 14.4. The average Bonchev–Trinajstić information content (AvgIpc) is 2.42. The topological polar surface area (TPSA) is 37.3 Å². The van der Waals surface area contributed by atoms with Crippen molar-refractivity contribution in [2.45, 2.75) is 78.1 Å². The molecule has 116 valence electrons. The first-order valence-electron chi connectivity index (χ1n) is 8.18. The Morgan fingerprint density at radius 1 is 0.950 bits per heavy atom. The molecule has 0 aliphatic heterocycles. The average molecular weight is 280 g/mol.